The van der Waals surface area contributed by atoms with E-state index in [1.807, 2.05) is 0 Å². The summed E-state index contributed by atoms with van der Waals surface area (Å²) in [6.45, 7) is -0.0983. The molecule has 3 rings (SSSR count). The number of aliphatic hydroxyl groups excluding tert-OH is 1. The molecular formula is C14H14F2N2O2. The zero-order valence-electron chi connectivity index (χ0n) is 10.7. The molecule has 1 atom stereocenters. The molecule has 0 amide bonds. The normalized spacial score (nSPS) is 16.4. The van der Waals surface area contributed by atoms with Crippen LogP contribution < -0.4 is 5.69 Å². The van der Waals surface area contributed by atoms with Crippen molar-refractivity contribution < 1.29 is 13.9 Å². The molecule has 1 heterocycles. The van der Waals surface area contributed by atoms with Gasteiger partial charge in [-0.05, 0) is 18.9 Å². The Bertz CT molecular complexity index is 689. The van der Waals surface area contributed by atoms with Crippen molar-refractivity contribution in [2.75, 3.05) is 0 Å². The lowest BCUT2D eigenvalue weighted by atomic mass is 10.1. The van der Waals surface area contributed by atoms with Crippen LogP contribution >= 0.6 is 0 Å². The van der Waals surface area contributed by atoms with Gasteiger partial charge in [0.05, 0.1) is 12.6 Å². The minimum atomic E-state index is -1.27. The summed E-state index contributed by atoms with van der Waals surface area (Å²) in [5.74, 6) is -2.08. The summed E-state index contributed by atoms with van der Waals surface area (Å²) in [5.41, 5.74) is -0.376. The molecule has 20 heavy (non-hydrogen) atoms. The summed E-state index contributed by atoms with van der Waals surface area (Å²) in [6.07, 6.45) is 3.91. The van der Waals surface area contributed by atoms with E-state index in [9.17, 15) is 18.7 Å². The van der Waals surface area contributed by atoms with Crippen LogP contribution in [-0.2, 0) is 6.54 Å². The number of nitrogens with zero attached hydrogens (tertiary/aromatic N) is 2. The Labute approximate surface area is 113 Å². The Morgan fingerprint density at radius 3 is 2.75 bits per heavy atom. The Morgan fingerprint density at radius 2 is 2.05 bits per heavy atom. The molecule has 1 N–H and O–H groups in total. The van der Waals surface area contributed by atoms with Crippen LogP contribution in [0.2, 0.25) is 0 Å². The van der Waals surface area contributed by atoms with Crippen LogP contribution in [-0.4, -0.2) is 14.2 Å². The maximum Gasteiger partial charge on any atom is 0.328 e. The molecule has 0 saturated heterocycles. The molecule has 0 radical (unpaired) electrons. The lowest BCUT2D eigenvalue weighted by molar-refractivity contribution is 0.149. The number of benzene rings is 1. The molecular weight excluding hydrogens is 266 g/mol. The van der Waals surface area contributed by atoms with Gasteiger partial charge in [-0.25, -0.2) is 13.6 Å². The van der Waals surface area contributed by atoms with E-state index in [4.69, 9.17) is 0 Å². The van der Waals surface area contributed by atoms with E-state index in [-0.39, 0.29) is 23.8 Å². The standard InChI is InChI=1S/C14H14F2N2O2/c15-11-3-1-2-10(13(11)16)12(19)8-17-6-7-18(14(17)20)9-4-5-9/h1-3,6-7,9,12,19H,4-5,8H2. The van der Waals surface area contributed by atoms with Gasteiger partial charge in [0.2, 0.25) is 0 Å². The van der Waals surface area contributed by atoms with Crippen molar-refractivity contribution in [3.8, 4) is 0 Å². The van der Waals surface area contributed by atoms with Gasteiger partial charge in [0.25, 0.3) is 0 Å². The molecule has 4 nitrogen and oxygen atoms in total. The van der Waals surface area contributed by atoms with Crippen LogP contribution in [0.15, 0.2) is 35.4 Å². The predicted octanol–water partition coefficient (Wildman–Crippen LogP) is 2.00. The third-order valence-electron chi connectivity index (χ3n) is 3.52. The van der Waals surface area contributed by atoms with Gasteiger partial charge >= 0.3 is 5.69 Å². The fourth-order valence-corrected chi connectivity index (χ4v) is 2.26. The Kier molecular flexibility index (Phi) is 3.17. The Balaban J connectivity index is 1.83. The third-order valence-corrected chi connectivity index (χ3v) is 3.52. The number of imidazole rings is 1. The monoisotopic (exact) mass is 280 g/mol. The molecule has 106 valence electrons. The second-order valence-corrected chi connectivity index (χ2v) is 5.03. The molecule has 1 saturated carbocycles. The topological polar surface area (TPSA) is 47.2 Å². The van der Waals surface area contributed by atoms with Crippen molar-refractivity contribution in [3.63, 3.8) is 0 Å². The van der Waals surface area contributed by atoms with Gasteiger partial charge in [-0.2, -0.15) is 0 Å². The quantitative estimate of drug-likeness (QED) is 0.931. The van der Waals surface area contributed by atoms with E-state index < -0.39 is 17.7 Å². The second-order valence-electron chi connectivity index (χ2n) is 5.03. The molecule has 0 spiro atoms. The van der Waals surface area contributed by atoms with E-state index in [1.54, 1.807) is 17.0 Å². The second kappa shape index (κ2) is 4.86. The number of hydrogen-bond donors (Lipinski definition) is 1. The molecule has 1 aromatic carbocycles. The zero-order chi connectivity index (χ0) is 14.3. The van der Waals surface area contributed by atoms with Crippen LogP contribution in [0, 0.1) is 11.6 Å². The number of rotatable bonds is 4. The van der Waals surface area contributed by atoms with Crippen LogP contribution in [0.4, 0.5) is 8.78 Å². The summed E-state index contributed by atoms with van der Waals surface area (Å²) >= 11 is 0. The van der Waals surface area contributed by atoms with Crippen molar-refractivity contribution in [2.45, 2.75) is 31.5 Å². The average molecular weight is 280 g/mol. The molecule has 1 fully saturated rings. The highest BCUT2D eigenvalue weighted by Crippen LogP contribution is 2.33. The van der Waals surface area contributed by atoms with Gasteiger partial charge in [-0.15, -0.1) is 0 Å². The van der Waals surface area contributed by atoms with Crippen molar-refractivity contribution in [1.29, 1.82) is 0 Å². The molecule has 1 aromatic heterocycles. The molecule has 1 aliphatic carbocycles. The summed E-state index contributed by atoms with van der Waals surface area (Å²) in [6, 6.07) is 3.87. The number of aliphatic hydroxyl groups is 1. The highest BCUT2D eigenvalue weighted by Gasteiger charge is 2.26. The van der Waals surface area contributed by atoms with E-state index in [2.05, 4.69) is 0 Å². The first-order chi connectivity index (χ1) is 9.58. The smallest absolute Gasteiger partial charge is 0.328 e. The number of hydrogen-bond acceptors (Lipinski definition) is 2. The fraction of sp³-hybridized carbons (Fsp3) is 0.357. The van der Waals surface area contributed by atoms with Gasteiger partial charge < -0.3 is 5.11 Å². The number of halogens is 2. The van der Waals surface area contributed by atoms with Crippen molar-refractivity contribution in [3.05, 3.63) is 58.3 Å². The number of aromatic nitrogens is 2. The summed E-state index contributed by atoms with van der Waals surface area (Å²) in [5, 5.41) is 9.99. The zero-order valence-corrected chi connectivity index (χ0v) is 10.7. The minimum absolute atomic E-state index is 0.0983. The van der Waals surface area contributed by atoms with Crippen LogP contribution in [0.25, 0.3) is 0 Å². The Morgan fingerprint density at radius 1 is 1.30 bits per heavy atom. The van der Waals surface area contributed by atoms with Gasteiger partial charge in [0, 0.05) is 24.0 Å². The summed E-state index contributed by atoms with van der Waals surface area (Å²) in [4.78, 5) is 12.0. The summed E-state index contributed by atoms with van der Waals surface area (Å²) in [7, 11) is 0. The molecule has 1 aliphatic rings. The average Bonchev–Trinajstić information content (AvgIpc) is 3.20. The van der Waals surface area contributed by atoms with Gasteiger partial charge in [0.1, 0.15) is 0 Å². The largest absolute Gasteiger partial charge is 0.386 e. The first-order valence-electron chi connectivity index (χ1n) is 6.47. The fourth-order valence-electron chi connectivity index (χ4n) is 2.26. The highest BCUT2D eigenvalue weighted by molar-refractivity contribution is 5.21. The maximum absolute atomic E-state index is 13.6. The predicted molar refractivity (Wildman–Crippen MR) is 68.3 cm³/mol. The van der Waals surface area contributed by atoms with Gasteiger partial charge in [-0.1, -0.05) is 12.1 Å². The molecule has 1 unspecified atom stereocenters. The van der Waals surface area contributed by atoms with Crippen molar-refractivity contribution >= 4 is 0 Å². The molecule has 6 heteroatoms. The lowest BCUT2D eigenvalue weighted by Crippen LogP contribution is -2.26. The molecule has 0 bridgehead atoms. The SMILES string of the molecule is O=c1n(CC(O)c2cccc(F)c2F)ccn1C1CC1. The molecule has 2 aromatic rings. The van der Waals surface area contributed by atoms with E-state index in [0.29, 0.717) is 0 Å². The first kappa shape index (κ1) is 13.1. The first-order valence-corrected chi connectivity index (χ1v) is 6.47. The van der Waals surface area contributed by atoms with Crippen LogP contribution in [0.5, 0.6) is 0 Å². The van der Waals surface area contributed by atoms with Crippen molar-refractivity contribution in [1.82, 2.24) is 9.13 Å². The van der Waals surface area contributed by atoms with Gasteiger partial charge in [0.15, 0.2) is 11.6 Å². The van der Waals surface area contributed by atoms with Gasteiger partial charge in [-0.3, -0.25) is 9.13 Å². The lowest BCUT2D eigenvalue weighted by Gasteiger charge is -2.12. The van der Waals surface area contributed by atoms with Crippen molar-refractivity contribution in [2.24, 2.45) is 0 Å². The Hall–Kier alpha value is -1.95. The van der Waals surface area contributed by atoms with E-state index in [1.165, 1.54) is 16.7 Å². The van der Waals surface area contributed by atoms with E-state index in [0.717, 1.165) is 18.9 Å². The highest BCUT2D eigenvalue weighted by atomic mass is 19.2. The summed E-state index contributed by atoms with van der Waals surface area (Å²) < 4.78 is 29.6. The third kappa shape index (κ3) is 2.27. The molecule has 0 aliphatic heterocycles. The van der Waals surface area contributed by atoms with Crippen LogP contribution in [0.3, 0.4) is 0 Å². The van der Waals surface area contributed by atoms with Crippen LogP contribution in [0.1, 0.15) is 30.6 Å². The van der Waals surface area contributed by atoms with E-state index >= 15 is 0 Å². The maximum atomic E-state index is 13.6. The minimum Gasteiger partial charge on any atom is -0.386 e.